The first-order valence-corrected chi connectivity index (χ1v) is 13.9. The van der Waals surface area contributed by atoms with Gasteiger partial charge in [-0.2, -0.15) is 0 Å². The minimum atomic E-state index is -1.31. The number of aliphatic hydroxyl groups is 3. The van der Waals surface area contributed by atoms with Gasteiger partial charge in [0.25, 0.3) is 11.5 Å². The fourth-order valence-electron chi connectivity index (χ4n) is 4.76. The maximum atomic E-state index is 13.7. The molecule has 12 nitrogen and oxygen atoms in total. The molecule has 2 aromatic carbocycles. The van der Waals surface area contributed by atoms with Crippen LogP contribution in [0.1, 0.15) is 25.4 Å². The molecule has 13 heteroatoms. The number of methoxy groups -OCH3 is 1. The van der Waals surface area contributed by atoms with E-state index in [0.29, 0.717) is 48.1 Å². The number of aliphatic hydroxyl groups excluding tert-OH is 3. The summed E-state index contributed by atoms with van der Waals surface area (Å²) in [7, 11) is 1.33. The molecule has 1 aliphatic heterocycles. The molecule has 0 amide bonds. The number of rotatable bonds is 11. The number of hydrogen-bond donors (Lipinski definition) is 6. The zero-order chi connectivity index (χ0) is 31.1. The number of ether oxygens (including phenoxy) is 3. The molecular formula is C29H36N4O8S. The SMILES string of the molecule is [2H]c1cc2ccccc2n(C(=O)[C@H](CCCCN)NC(=S)Nc2ccc(O[C@@H]3O[C@H](CO)[C@H](O)[C@H](OC)[C@H]3O)cc2)c1=O. The fraction of sp³-hybridized carbons (Fsp3) is 0.414. The molecule has 1 aliphatic rings. The van der Waals surface area contributed by atoms with Gasteiger partial charge in [-0.25, -0.2) is 4.57 Å². The van der Waals surface area contributed by atoms with Gasteiger partial charge >= 0.3 is 0 Å². The Bertz CT molecular complexity index is 1470. The largest absolute Gasteiger partial charge is 0.462 e. The van der Waals surface area contributed by atoms with E-state index in [1.807, 2.05) is 0 Å². The van der Waals surface area contributed by atoms with E-state index in [1.54, 1.807) is 48.5 Å². The van der Waals surface area contributed by atoms with Crippen molar-refractivity contribution in [1.82, 2.24) is 9.88 Å². The van der Waals surface area contributed by atoms with Gasteiger partial charge in [-0.05, 0) is 79.8 Å². The zero-order valence-electron chi connectivity index (χ0n) is 24.0. The number of aromatic nitrogens is 1. The van der Waals surface area contributed by atoms with Crippen molar-refractivity contribution in [3.8, 4) is 5.75 Å². The Morgan fingerprint density at radius 3 is 2.60 bits per heavy atom. The third-order valence-electron chi connectivity index (χ3n) is 6.96. The molecule has 1 aromatic heterocycles. The quantitative estimate of drug-likeness (QED) is 0.136. The number of para-hydroxylation sites is 1. The monoisotopic (exact) mass is 601 g/mol. The van der Waals surface area contributed by atoms with E-state index in [1.165, 1.54) is 13.2 Å². The number of pyridine rings is 1. The van der Waals surface area contributed by atoms with E-state index >= 15 is 0 Å². The first kappa shape index (κ1) is 30.0. The average molecular weight is 602 g/mol. The van der Waals surface area contributed by atoms with E-state index < -0.39 is 54.8 Å². The third-order valence-corrected chi connectivity index (χ3v) is 7.18. The number of benzene rings is 2. The van der Waals surface area contributed by atoms with Crippen LogP contribution in [0.2, 0.25) is 0 Å². The van der Waals surface area contributed by atoms with Crippen molar-refractivity contribution in [2.45, 2.75) is 56.0 Å². The molecule has 0 bridgehead atoms. The van der Waals surface area contributed by atoms with Crippen molar-refractivity contribution in [2.24, 2.45) is 5.73 Å². The highest BCUT2D eigenvalue weighted by atomic mass is 32.1. The van der Waals surface area contributed by atoms with Crippen LogP contribution in [0.15, 0.2) is 65.4 Å². The highest BCUT2D eigenvalue weighted by molar-refractivity contribution is 7.80. The summed E-state index contributed by atoms with van der Waals surface area (Å²) in [6, 6.07) is 13.6. The van der Waals surface area contributed by atoms with Gasteiger partial charge in [0.05, 0.1) is 13.5 Å². The van der Waals surface area contributed by atoms with Gasteiger partial charge in [0, 0.05) is 18.8 Å². The van der Waals surface area contributed by atoms with Crippen LogP contribution in [0.4, 0.5) is 5.69 Å². The van der Waals surface area contributed by atoms with Gasteiger partial charge in [-0.15, -0.1) is 0 Å². The lowest BCUT2D eigenvalue weighted by molar-refractivity contribution is -0.281. The lowest BCUT2D eigenvalue weighted by atomic mass is 9.99. The van der Waals surface area contributed by atoms with Gasteiger partial charge in [0.1, 0.15) is 36.2 Å². The van der Waals surface area contributed by atoms with Crippen LogP contribution in [0.5, 0.6) is 5.75 Å². The number of nitrogens with zero attached hydrogens (tertiary/aromatic N) is 1. The molecule has 0 aliphatic carbocycles. The van der Waals surface area contributed by atoms with E-state index in [4.69, 9.17) is 33.5 Å². The number of hydrogen-bond acceptors (Lipinski definition) is 10. The highest BCUT2D eigenvalue weighted by Crippen LogP contribution is 2.26. The summed E-state index contributed by atoms with van der Waals surface area (Å²) in [6.45, 7) is -0.0462. The topological polar surface area (TPSA) is 178 Å². The predicted octanol–water partition coefficient (Wildman–Crippen LogP) is 0.959. The summed E-state index contributed by atoms with van der Waals surface area (Å²) < 4.78 is 25.5. The lowest BCUT2D eigenvalue weighted by Gasteiger charge is -2.41. The highest BCUT2D eigenvalue weighted by Gasteiger charge is 2.45. The molecule has 0 spiro atoms. The molecule has 0 unspecified atom stereocenters. The number of thiocarbonyl (C=S) groups is 1. The Labute approximate surface area is 249 Å². The maximum absolute atomic E-state index is 13.7. The van der Waals surface area contributed by atoms with Crippen LogP contribution in [-0.2, 0) is 9.47 Å². The second-order valence-electron chi connectivity index (χ2n) is 9.81. The van der Waals surface area contributed by atoms with Crippen molar-refractivity contribution in [1.29, 1.82) is 0 Å². The maximum Gasteiger partial charge on any atom is 0.257 e. The van der Waals surface area contributed by atoms with Crippen LogP contribution in [0, 0.1) is 0 Å². The lowest BCUT2D eigenvalue weighted by Crippen LogP contribution is -2.60. The first-order chi connectivity index (χ1) is 20.7. The van der Waals surface area contributed by atoms with Crippen LogP contribution in [0.25, 0.3) is 10.9 Å². The van der Waals surface area contributed by atoms with Crippen LogP contribution in [0.3, 0.4) is 0 Å². The van der Waals surface area contributed by atoms with E-state index in [2.05, 4.69) is 10.6 Å². The molecule has 42 heavy (non-hydrogen) atoms. The van der Waals surface area contributed by atoms with E-state index in [0.717, 1.165) is 4.57 Å². The number of carbonyl (C=O) groups is 1. The number of unbranched alkanes of at least 4 members (excludes halogenated alkanes) is 1. The normalized spacial score (nSPS) is 23.2. The van der Waals surface area contributed by atoms with E-state index in [-0.39, 0.29) is 11.2 Å². The molecule has 7 N–H and O–H groups in total. The molecule has 0 saturated carbocycles. The number of carbonyl (C=O) groups excluding carboxylic acids is 1. The van der Waals surface area contributed by atoms with Gasteiger partial charge in [0.2, 0.25) is 6.29 Å². The minimum absolute atomic E-state index is 0.132. The fourth-order valence-corrected chi connectivity index (χ4v) is 5.02. The first-order valence-electron chi connectivity index (χ1n) is 14.0. The van der Waals surface area contributed by atoms with Crippen molar-refractivity contribution in [3.05, 3.63) is 71.0 Å². The Kier molecular flexibility index (Phi) is 10.5. The zero-order valence-corrected chi connectivity index (χ0v) is 23.8. The molecule has 1 fully saturated rings. The Balaban J connectivity index is 1.46. The second-order valence-corrected chi connectivity index (χ2v) is 10.2. The van der Waals surface area contributed by atoms with Gasteiger partial charge < -0.3 is 45.9 Å². The van der Waals surface area contributed by atoms with E-state index in [9.17, 15) is 24.9 Å². The standard InChI is InChI=1S/C29H36N4O8S/c1-39-26-24(36)22(16-34)41-28(25(26)37)40-19-12-10-18(11-13-19)31-29(42)32-20(7-4-5-15-30)27(38)33-21-8-3-2-6-17(21)9-14-23(33)35/h2-3,6,8-14,20,22,24-26,28,34,36-37H,4-5,7,15-16,30H2,1H3,(H2,31,32,42)/t20-,22+,24-,25+,26-,28+/m0/s1/i14D. The van der Waals surface area contributed by atoms with Crippen molar-refractivity contribution in [3.63, 3.8) is 0 Å². The molecule has 1 saturated heterocycles. The number of nitrogens with two attached hydrogens (primary N) is 1. The smallest absolute Gasteiger partial charge is 0.257 e. The molecule has 2 heterocycles. The molecule has 6 atom stereocenters. The minimum Gasteiger partial charge on any atom is -0.462 e. The molecule has 0 radical (unpaired) electrons. The molecule has 4 rings (SSSR count). The summed E-state index contributed by atoms with van der Waals surface area (Å²) in [4.78, 5) is 26.6. The van der Waals surface area contributed by atoms with Gasteiger partial charge in [-0.1, -0.05) is 18.2 Å². The summed E-state index contributed by atoms with van der Waals surface area (Å²) in [5, 5.41) is 36.9. The number of fused-ring (bicyclic) bond motifs is 1. The molecule has 3 aromatic rings. The number of nitrogens with one attached hydrogen (secondary N) is 2. The van der Waals surface area contributed by atoms with Crippen molar-refractivity contribution < 1.29 is 35.7 Å². The Morgan fingerprint density at radius 1 is 1.17 bits per heavy atom. The Morgan fingerprint density at radius 2 is 1.90 bits per heavy atom. The number of anilines is 1. The van der Waals surface area contributed by atoms with Gasteiger partial charge in [-0.3, -0.25) is 9.59 Å². The Hall–Kier alpha value is -3.43. The van der Waals surface area contributed by atoms with Crippen LogP contribution < -0.4 is 26.7 Å². The average Bonchev–Trinajstić information content (AvgIpc) is 2.99. The predicted molar refractivity (Wildman–Crippen MR) is 161 cm³/mol. The summed E-state index contributed by atoms with van der Waals surface area (Å²) in [5.41, 5.74) is 5.89. The van der Waals surface area contributed by atoms with Crippen molar-refractivity contribution in [2.75, 3.05) is 25.6 Å². The summed E-state index contributed by atoms with van der Waals surface area (Å²) >= 11 is 5.49. The van der Waals surface area contributed by atoms with Crippen LogP contribution >= 0.6 is 12.2 Å². The van der Waals surface area contributed by atoms with Crippen LogP contribution in [-0.4, -0.2) is 87.9 Å². The second kappa shape index (κ2) is 14.6. The summed E-state index contributed by atoms with van der Waals surface area (Å²) in [5.74, 6) is -0.209. The van der Waals surface area contributed by atoms with Crippen molar-refractivity contribution >= 4 is 39.8 Å². The van der Waals surface area contributed by atoms with Gasteiger partial charge in [0.15, 0.2) is 5.11 Å². The molecule has 226 valence electrons. The summed E-state index contributed by atoms with van der Waals surface area (Å²) in [6.07, 6.45) is -4.13. The third kappa shape index (κ3) is 7.31. The molecular weight excluding hydrogens is 564 g/mol.